The molecule has 0 radical (unpaired) electrons. The third-order valence-corrected chi connectivity index (χ3v) is 5.27. The average Bonchev–Trinajstić information content (AvgIpc) is 2.98. The van der Waals surface area contributed by atoms with Crippen molar-refractivity contribution in [1.29, 1.82) is 0 Å². The van der Waals surface area contributed by atoms with Gasteiger partial charge in [0.15, 0.2) is 5.16 Å². The summed E-state index contributed by atoms with van der Waals surface area (Å²) < 4.78 is 2.03. The van der Waals surface area contributed by atoms with E-state index in [1.807, 2.05) is 60.8 Å². The minimum atomic E-state index is 0.862. The van der Waals surface area contributed by atoms with Crippen LogP contribution in [0.1, 0.15) is 11.3 Å². The number of aromatic nitrogens is 4. The number of hydrogen-bond acceptors (Lipinski definition) is 5. The molecule has 3 heterocycles. The quantitative estimate of drug-likeness (QED) is 0.644. The molecule has 0 aromatic carbocycles. The first-order chi connectivity index (χ1) is 10.8. The summed E-state index contributed by atoms with van der Waals surface area (Å²) in [6.45, 7) is 0. The van der Waals surface area contributed by atoms with Gasteiger partial charge in [-0.2, -0.15) is 0 Å². The third kappa shape index (κ3) is 3.90. The van der Waals surface area contributed by atoms with Gasteiger partial charge in [-0.25, -0.2) is 4.98 Å². The van der Waals surface area contributed by atoms with Crippen molar-refractivity contribution in [1.82, 2.24) is 19.5 Å². The van der Waals surface area contributed by atoms with E-state index in [-0.39, 0.29) is 0 Å². The van der Waals surface area contributed by atoms with Crippen LogP contribution in [0.4, 0.5) is 0 Å². The lowest BCUT2D eigenvalue weighted by Crippen LogP contribution is -1.96. The van der Waals surface area contributed by atoms with E-state index in [2.05, 4.69) is 21.0 Å². The normalized spacial score (nSPS) is 10.8. The lowest BCUT2D eigenvalue weighted by molar-refractivity contribution is 0.790. The molecular formula is C16H16N4S2. The average molecular weight is 328 g/mol. The Hall–Kier alpha value is -1.79. The van der Waals surface area contributed by atoms with Crippen molar-refractivity contribution >= 4 is 23.5 Å². The molecule has 0 saturated carbocycles. The summed E-state index contributed by atoms with van der Waals surface area (Å²) in [7, 11) is 2.01. The van der Waals surface area contributed by atoms with Gasteiger partial charge < -0.3 is 4.57 Å². The number of thioether (sulfide) groups is 2. The van der Waals surface area contributed by atoms with E-state index < -0.39 is 0 Å². The largest absolute Gasteiger partial charge is 0.329 e. The van der Waals surface area contributed by atoms with Gasteiger partial charge in [-0.15, -0.1) is 11.8 Å². The van der Waals surface area contributed by atoms with Crippen LogP contribution in [0.15, 0.2) is 65.3 Å². The maximum absolute atomic E-state index is 4.54. The van der Waals surface area contributed by atoms with Gasteiger partial charge in [0.2, 0.25) is 0 Å². The highest BCUT2D eigenvalue weighted by atomic mass is 32.2. The van der Waals surface area contributed by atoms with Crippen molar-refractivity contribution in [3.8, 4) is 0 Å². The fourth-order valence-electron chi connectivity index (χ4n) is 1.95. The number of pyridine rings is 2. The molecule has 112 valence electrons. The summed E-state index contributed by atoms with van der Waals surface area (Å²) >= 11 is 3.52. The maximum Gasteiger partial charge on any atom is 0.167 e. The first-order valence-corrected chi connectivity index (χ1v) is 8.86. The molecule has 0 bridgehead atoms. The number of imidazole rings is 1. The van der Waals surface area contributed by atoms with Crippen molar-refractivity contribution in [2.75, 3.05) is 0 Å². The van der Waals surface area contributed by atoms with Gasteiger partial charge >= 0.3 is 0 Å². The Morgan fingerprint density at radius 3 is 2.59 bits per heavy atom. The molecule has 0 amide bonds. The van der Waals surface area contributed by atoms with Crippen molar-refractivity contribution in [2.24, 2.45) is 7.05 Å². The minimum absolute atomic E-state index is 0.862. The van der Waals surface area contributed by atoms with Crippen LogP contribution in [-0.4, -0.2) is 19.5 Å². The van der Waals surface area contributed by atoms with Gasteiger partial charge in [-0.05, 0) is 23.8 Å². The van der Waals surface area contributed by atoms with Gasteiger partial charge in [0.25, 0.3) is 0 Å². The number of rotatable bonds is 6. The summed E-state index contributed by atoms with van der Waals surface area (Å²) in [6, 6.07) is 8.19. The molecule has 0 unspecified atom stereocenters. The molecule has 0 aliphatic carbocycles. The first-order valence-electron chi connectivity index (χ1n) is 6.88. The molecule has 3 rings (SSSR count). The van der Waals surface area contributed by atoms with Crippen molar-refractivity contribution in [3.05, 3.63) is 66.5 Å². The monoisotopic (exact) mass is 328 g/mol. The highest BCUT2D eigenvalue weighted by Crippen LogP contribution is 2.26. The predicted octanol–water partition coefficient (Wildman–Crippen LogP) is 3.79. The van der Waals surface area contributed by atoms with Crippen LogP contribution in [0, 0.1) is 0 Å². The molecule has 6 heteroatoms. The van der Waals surface area contributed by atoms with E-state index in [0.29, 0.717) is 0 Å². The lowest BCUT2D eigenvalue weighted by atomic mass is 10.2. The second kappa shape index (κ2) is 7.47. The van der Waals surface area contributed by atoms with Gasteiger partial charge in [0, 0.05) is 54.4 Å². The first kappa shape index (κ1) is 15.1. The highest BCUT2D eigenvalue weighted by Gasteiger charge is 2.07. The van der Waals surface area contributed by atoms with Gasteiger partial charge in [-0.1, -0.05) is 17.8 Å². The van der Waals surface area contributed by atoms with E-state index in [1.165, 1.54) is 10.5 Å². The molecule has 3 aromatic heterocycles. The molecule has 0 spiro atoms. The zero-order chi connectivity index (χ0) is 15.2. The molecule has 22 heavy (non-hydrogen) atoms. The number of hydrogen-bond donors (Lipinski definition) is 0. The van der Waals surface area contributed by atoms with Crippen LogP contribution in [0.2, 0.25) is 0 Å². The second-order valence-corrected chi connectivity index (χ2v) is 6.68. The van der Waals surface area contributed by atoms with Crippen LogP contribution >= 0.6 is 23.5 Å². The standard InChI is InChI=1S/C16H16N4S2/c1-20-10-9-19-16(20)22-11-13-3-2-6-18-15(13)12-21-14-4-7-17-8-5-14/h2-10H,11-12H2,1H3. The number of nitrogens with zero attached hydrogens (tertiary/aromatic N) is 4. The van der Waals surface area contributed by atoms with Gasteiger partial charge in [0.1, 0.15) is 0 Å². The molecule has 0 atom stereocenters. The highest BCUT2D eigenvalue weighted by molar-refractivity contribution is 7.98. The van der Waals surface area contributed by atoms with Gasteiger partial charge in [0.05, 0.1) is 5.69 Å². The molecule has 0 aliphatic rings. The van der Waals surface area contributed by atoms with Crippen LogP contribution in [0.25, 0.3) is 0 Å². The Morgan fingerprint density at radius 1 is 0.955 bits per heavy atom. The van der Waals surface area contributed by atoms with E-state index in [9.17, 15) is 0 Å². The fourth-order valence-corrected chi connectivity index (χ4v) is 3.78. The summed E-state index contributed by atoms with van der Waals surface area (Å²) in [5, 5.41) is 1.02. The zero-order valence-electron chi connectivity index (χ0n) is 12.2. The lowest BCUT2D eigenvalue weighted by Gasteiger charge is -2.08. The summed E-state index contributed by atoms with van der Waals surface area (Å²) in [5.74, 6) is 1.74. The van der Waals surface area contributed by atoms with Crippen LogP contribution in [-0.2, 0) is 18.6 Å². The van der Waals surface area contributed by atoms with Crippen LogP contribution in [0.3, 0.4) is 0 Å². The Kier molecular flexibility index (Phi) is 5.13. The van der Waals surface area contributed by atoms with Crippen LogP contribution < -0.4 is 0 Å². The van der Waals surface area contributed by atoms with Gasteiger partial charge in [-0.3, -0.25) is 9.97 Å². The fraction of sp³-hybridized carbons (Fsp3) is 0.188. The molecular weight excluding hydrogens is 312 g/mol. The topological polar surface area (TPSA) is 43.6 Å². The van der Waals surface area contributed by atoms with Crippen LogP contribution in [0.5, 0.6) is 0 Å². The Morgan fingerprint density at radius 2 is 1.82 bits per heavy atom. The molecule has 4 nitrogen and oxygen atoms in total. The Labute approximate surface area is 138 Å². The molecule has 0 aliphatic heterocycles. The van der Waals surface area contributed by atoms with E-state index in [0.717, 1.165) is 22.4 Å². The summed E-state index contributed by atoms with van der Waals surface area (Å²) in [5.41, 5.74) is 2.39. The maximum atomic E-state index is 4.54. The Bertz CT molecular complexity index is 728. The molecule has 0 saturated heterocycles. The third-order valence-electron chi connectivity index (χ3n) is 3.14. The predicted molar refractivity (Wildman–Crippen MR) is 90.8 cm³/mol. The molecule has 3 aromatic rings. The molecule has 0 N–H and O–H groups in total. The van der Waals surface area contributed by atoms with Crippen molar-refractivity contribution in [3.63, 3.8) is 0 Å². The number of aryl methyl sites for hydroxylation is 1. The summed E-state index contributed by atoms with van der Waals surface area (Å²) in [4.78, 5) is 14.1. The Balaban J connectivity index is 1.66. The minimum Gasteiger partial charge on any atom is -0.329 e. The van der Waals surface area contributed by atoms with E-state index in [4.69, 9.17) is 0 Å². The zero-order valence-corrected chi connectivity index (χ0v) is 13.8. The summed E-state index contributed by atoms with van der Waals surface area (Å²) in [6.07, 6.45) is 9.28. The van der Waals surface area contributed by atoms with Crippen molar-refractivity contribution in [2.45, 2.75) is 21.6 Å². The smallest absolute Gasteiger partial charge is 0.167 e. The van der Waals surface area contributed by atoms with E-state index in [1.54, 1.807) is 23.5 Å². The molecule has 0 fully saturated rings. The van der Waals surface area contributed by atoms with Crippen molar-refractivity contribution < 1.29 is 0 Å². The SMILES string of the molecule is Cn1ccnc1SCc1cccnc1CSc1ccncc1. The second-order valence-electron chi connectivity index (χ2n) is 4.69. The van der Waals surface area contributed by atoms with E-state index >= 15 is 0 Å².